The van der Waals surface area contributed by atoms with Gasteiger partial charge < -0.3 is 18.8 Å². The number of ether oxygens (including phenoxy) is 3. The van der Waals surface area contributed by atoms with E-state index in [2.05, 4.69) is 4.99 Å². The molecule has 3 aromatic rings. The van der Waals surface area contributed by atoms with E-state index in [4.69, 9.17) is 14.2 Å². The molecule has 10 nitrogen and oxygen atoms in total. The molecule has 0 aliphatic heterocycles. The zero-order chi connectivity index (χ0) is 26.3. The van der Waals surface area contributed by atoms with Gasteiger partial charge in [0.25, 0.3) is 5.91 Å². The summed E-state index contributed by atoms with van der Waals surface area (Å²) in [5.74, 6) is -1.68. The zero-order valence-electron chi connectivity index (χ0n) is 20.0. The van der Waals surface area contributed by atoms with Gasteiger partial charge in [0.1, 0.15) is 12.4 Å². The Kier molecular flexibility index (Phi) is 9.45. The first-order valence-electron chi connectivity index (χ1n) is 10.7. The summed E-state index contributed by atoms with van der Waals surface area (Å²) in [6.45, 7) is 0.492. The lowest BCUT2D eigenvalue weighted by molar-refractivity contribution is -0.141. The highest BCUT2D eigenvalue weighted by molar-refractivity contribution is 7.89. The molecule has 0 aliphatic carbocycles. The Hall–Kier alpha value is -2.97. The molecule has 0 bridgehead atoms. The number of aromatic nitrogens is 1. The molecular weight excluding hydrogens is 513 g/mol. The molecule has 0 saturated heterocycles. The van der Waals surface area contributed by atoms with Gasteiger partial charge in [-0.25, -0.2) is 12.8 Å². The maximum absolute atomic E-state index is 13.7. The maximum Gasteiger partial charge on any atom is 0.325 e. The second-order valence-corrected chi connectivity index (χ2v) is 10.4. The number of rotatable bonds is 11. The van der Waals surface area contributed by atoms with Gasteiger partial charge in [-0.3, -0.25) is 9.59 Å². The normalized spacial score (nSPS) is 12.4. The molecule has 0 N–H and O–H groups in total. The molecular formula is C23H26FN3O7S2. The molecule has 0 saturated carbocycles. The van der Waals surface area contributed by atoms with Crippen LogP contribution >= 0.6 is 11.3 Å². The van der Waals surface area contributed by atoms with E-state index < -0.39 is 27.7 Å². The molecule has 0 radical (unpaired) electrons. The van der Waals surface area contributed by atoms with Crippen LogP contribution in [-0.2, 0) is 35.6 Å². The first-order valence-corrected chi connectivity index (χ1v) is 13.0. The summed E-state index contributed by atoms with van der Waals surface area (Å²) in [6, 6.07) is 9.40. The van der Waals surface area contributed by atoms with E-state index in [1.165, 1.54) is 72.7 Å². The van der Waals surface area contributed by atoms with Crippen molar-refractivity contribution in [2.45, 2.75) is 11.4 Å². The number of esters is 1. The number of hydrogen-bond acceptors (Lipinski definition) is 8. The third-order valence-corrected chi connectivity index (χ3v) is 8.14. The van der Waals surface area contributed by atoms with E-state index in [-0.39, 0.29) is 48.1 Å². The minimum atomic E-state index is -3.85. The van der Waals surface area contributed by atoms with E-state index >= 15 is 0 Å². The van der Waals surface area contributed by atoms with Crippen molar-refractivity contribution < 1.29 is 36.6 Å². The van der Waals surface area contributed by atoms with Gasteiger partial charge in [-0.2, -0.15) is 9.30 Å². The topological polar surface area (TPSA) is 116 Å². The Bertz CT molecular complexity index is 1390. The summed E-state index contributed by atoms with van der Waals surface area (Å²) in [5.41, 5.74) is 0.662. The highest BCUT2D eigenvalue weighted by Gasteiger charge is 2.24. The fourth-order valence-electron chi connectivity index (χ4n) is 3.29. The van der Waals surface area contributed by atoms with Crippen molar-refractivity contribution in [2.75, 3.05) is 47.6 Å². The van der Waals surface area contributed by atoms with Crippen molar-refractivity contribution >= 4 is 43.5 Å². The van der Waals surface area contributed by atoms with Crippen LogP contribution in [-0.4, -0.2) is 76.8 Å². The van der Waals surface area contributed by atoms with E-state index in [1.54, 1.807) is 0 Å². The predicted molar refractivity (Wildman–Crippen MR) is 131 cm³/mol. The molecule has 36 heavy (non-hydrogen) atoms. The summed E-state index contributed by atoms with van der Waals surface area (Å²) in [5, 5.41) is 0. The third-order valence-electron chi connectivity index (χ3n) is 5.19. The average molecular weight is 540 g/mol. The molecule has 1 aromatic heterocycles. The molecule has 0 spiro atoms. The van der Waals surface area contributed by atoms with E-state index in [0.717, 1.165) is 11.3 Å². The number of amides is 1. The number of nitrogens with zero attached hydrogens (tertiary/aromatic N) is 3. The lowest BCUT2D eigenvalue weighted by Gasteiger charge is -2.21. The summed E-state index contributed by atoms with van der Waals surface area (Å²) < 4.78 is 57.7. The van der Waals surface area contributed by atoms with Gasteiger partial charge in [-0.05, 0) is 42.5 Å². The second kappa shape index (κ2) is 12.3. The third kappa shape index (κ3) is 6.42. The number of fused-ring (bicyclic) bond motifs is 1. The van der Waals surface area contributed by atoms with Crippen LogP contribution in [0.15, 0.2) is 52.4 Å². The van der Waals surface area contributed by atoms with Crippen LogP contribution in [0, 0.1) is 5.82 Å². The molecule has 1 amide bonds. The molecule has 194 valence electrons. The predicted octanol–water partition coefficient (Wildman–Crippen LogP) is 2.04. The Morgan fingerprint density at radius 2 is 1.67 bits per heavy atom. The average Bonchev–Trinajstić information content (AvgIpc) is 3.19. The quantitative estimate of drug-likeness (QED) is 0.342. The van der Waals surface area contributed by atoms with E-state index in [1.807, 2.05) is 0 Å². The number of sulfonamides is 1. The van der Waals surface area contributed by atoms with E-state index in [9.17, 15) is 22.4 Å². The SMILES string of the molecule is COCCN(CCOC)S(=O)(=O)c1ccc(C(=O)N=c2sc3cc(F)ccc3n2CC(=O)OC)cc1. The lowest BCUT2D eigenvalue weighted by Crippen LogP contribution is -2.36. The number of hydrogen-bond donors (Lipinski definition) is 0. The Morgan fingerprint density at radius 1 is 1.03 bits per heavy atom. The van der Waals surface area contributed by atoms with E-state index in [0.29, 0.717) is 10.2 Å². The molecule has 0 unspecified atom stereocenters. The molecule has 0 fully saturated rings. The Labute approximate surface area is 211 Å². The summed E-state index contributed by atoms with van der Waals surface area (Å²) in [4.78, 5) is 29.1. The number of thiazole rings is 1. The number of carbonyl (C=O) groups excluding carboxylic acids is 2. The van der Waals surface area contributed by atoms with Gasteiger partial charge in [0.2, 0.25) is 10.0 Å². The highest BCUT2D eigenvalue weighted by atomic mass is 32.2. The lowest BCUT2D eigenvalue weighted by atomic mass is 10.2. The summed E-state index contributed by atoms with van der Waals surface area (Å²) in [6.07, 6.45) is 0. The van der Waals surface area contributed by atoms with Gasteiger partial charge >= 0.3 is 5.97 Å². The van der Waals surface area contributed by atoms with Crippen LogP contribution in [0.2, 0.25) is 0 Å². The minimum Gasteiger partial charge on any atom is -0.468 e. The largest absolute Gasteiger partial charge is 0.468 e. The number of halogens is 1. The molecule has 3 rings (SSSR count). The van der Waals surface area contributed by atoms with Crippen molar-refractivity contribution in [3.05, 3.63) is 58.6 Å². The smallest absolute Gasteiger partial charge is 0.325 e. The summed E-state index contributed by atoms with van der Waals surface area (Å²) >= 11 is 1.04. The first-order chi connectivity index (χ1) is 17.2. The van der Waals surface area contributed by atoms with Crippen molar-refractivity contribution in [3.63, 3.8) is 0 Å². The zero-order valence-corrected chi connectivity index (χ0v) is 21.6. The minimum absolute atomic E-state index is 0.00403. The van der Waals surface area contributed by atoms with Crippen LogP contribution in [0.4, 0.5) is 4.39 Å². The van der Waals surface area contributed by atoms with Gasteiger partial charge in [0.15, 0.2) is 4.80 Å². The second-order valence-electron chi connectivity index (χ2n) is 7.49. The number of carbonyl (C=O) groups is 2. The first kappa shape index (κ1) is 27.6. The van der Waals surface area contributed by atoms with Crippen LogP contribution in [0.3, 0.4) is 0 Å². The van der Waals surface area contributed by atoms with Crippen molar-refractivity contribution in [1.29, 1.82) is 0 Å². The van der Waals surface area contributed by atoms with Gasteiger partial charge in [-0.15, -0.1) is 0 Å². The Balaban J connectivity index is 1.93. The Morgan fingerprint density at radius 3 is 2.25 bits per heavy atom. The van der Waals surface area contributed by atoms with Crippen molar-refractivity contribution in [3.8, 4) is 0 Å². The van der Waals surface area contributed by atoms with Crippen molar-refractivity contribution in [1.82, 2.24) is 8.87 Å². The number of methoxy groups -OCH3 is 3. The maximum atomic E-state index is 13.7. The van der Waals surface area contributed by atoms with Crippen molar-refractivity contribution in [2.24, 2.45) is 4.99 Å². The van der Waals surface area contributed by atoms with Crippen LogP contribution < -0.4 is 4.80 Å². The standard InChI is InChI=1S/C23H26FN3O7S2/c1-32-12-10-26(11-13-33-2)36(30,31)18-7-4-16(5-8-18)22(29)25-23-27(15-21(28)34-3)19-9-6-17(24)14-20(19)35-23/h4-9,14H,10-13,15H2,1-3H3. The molecule has 13 heteroatoms. The van der Waals surface area contributed by atoms with Crippen LogP contribution in [0.5, 0.6) is 0 Å². The fourth-order valence-corrected chi connectivity index (χ4v) is 5.75. The molecule has 0 aliphatic rings. The highest BCUT2D eigenvalue weighted by Crippen LogP contribution is 2.20. The van der Waals surface area contributed by atoms with Gasteiger partial charge in [0.05, 0.1) is 35.4 Å². The van der Waals surface area contributed by atoms with Gasteiger partial charge in [0, 0.05) is 32.9 Å². The fraction of sp³-hybridized carbons (Fsp3) is 0.348. The molecule has 0 atom stereocenters. The monoisotopic (exact) mass is 539 g/mol. The van der Waals surface area contributed by atoms with Crippen LogP contribution in [0.25, 0.3) is 10.2 Å². The summed E-state index contributed by atoms with van der Waals surface area (Å²) in [7, 11) is 0.346. The van der Waals surface area contributed by atoms with Gasteiger partial charge in [-0.1, -0.05) is 11.3 Å². The molecule has 2 aromatic carbocycles. The molecule has 1 heterocycles. The number of benzene rings is 2. The van der Waals surface area contributed by atoms with Crippen LogP contribution in [0.1, 0.15) is 10.4 Å².